The van der Waals surface area contributed by atoms with Gasteiger partial charge in [-0.2, -0.15) is 0 Å². The molecular weight excluding hydrogens is 204 g/mol. The predicted octanol–water partition coefficient (Wildman–Crippen LogP) is 3.17. The molecule has 0 aliphatic heterocycles. The summed E-state index contributed by atoms with van der Waals surface area (Å²) in [6, 6.07) is 0.448. The van der Waals surface area contributed by atoms with Gasteiger partial charge >= 0.3 is 0 Å². The quantitative estimate of drug-likeness (QED) is 0.849. The highest BCUT2D eigenvalue weighted by Gasteiger charge is 2.42. The Morgan fingerprint density at radius 1 is 1.53 bits per heavy atom. The Labute approximate surface area is 96.1 Å². The first-order valence-electron chi connectivity index (χ1n) is 5.78. The Morgan fingerprint density at radius 3 is 2.73 bits per heavy atom. The number of nitrogens with one attached hydrogen (secondary N) is 1. The number of hydrogen-bond donors (Lipinski definition) is 1. The highest BCUT2D eigenvalue weighted by atomic mass is 32.1. The van der Waals surface area contributed by atoms with E-state index >= 15 is 0 Å². The van der Waals surface area contributed by atoms with Crippen molar-refractivity contribution in [3.05, 3.63) is 15.6 Å². The highest BCUT2D eigenvalue weighted by Crippen LogP contribution is 2.49. The number of rotatable bonds is 4. The van der Waals surface area contributed by atoms with E-state index in [-0.39, 0.29) is 0 Å². The van der Waals surface area contributed by atoms with E-state index in [0.717, 1.165) is 6.54 Å². The van der Waals surface area contributed by atoms with Gasteiger partial charge in [-0.1, -0.05) is 13.8 Å². The number of hydrogen-bond acceptors (Lipinski definition) is 3. The van der Waals surface area contributed by atoms with Gasteiger partial charge in [0.2, 0.25) is 0 Å². The molecule has 0 amide bonds. The molecule has 1 saturated carbocycles. The summed E-state index contributed by atoms with van der Waals surface area (Å²) in [5.74, 6) is 0. The lowest BCUT2D eigenvalue weighted by molar-refractivity contribution is 0.603. The van der Waals surface area contributed by atoms with Gasteiger partial charge in [-0.25, -0.2) is 4.98 Å². The van der Waals surface area contributed by atoms with Crippen LogP contribution in [0.1, 0.15) is 55.2 Å². The second-order valence-electron chi connectivity index (χ2n) is 4.81. The molecule has 15 heavy (non-hydrogen) atoms. The molecule has 1 heterocycles. The topological polar surface area (TPSA) is 24.9 Å². The third-order valence-electron chi connectivity index (χ3n) is 3.25. The van der Waals surface area contributed by atoms with Gasteiger partial charge < -0.3 is 5.32 Å². The second kappa shape index (κ2) is 3.87. The van der Waals surface area contributed by atoms with Crippen LogP contribution in [0, 0.1) is 6.92 Å². The van der Waals surface area contributed by atoms with Gasteiger partial charge in [-0.05, 0) is 33.2 Å². The highest BCUT2D eigenvalue weighted by molar-refractivity contribution is 7.12. The summed E-state index contributed by atoms with van der Waals surface area (Å²) >= 11 is 1.90. The Hall–Kier alpha value is -0.410. The Bertz CT molecular complexity index is 353. The molecule has 1 aliphatic carbocycles. The molecule has 0 spiro atoms. The van der Waals surface area contributed by atoms with E-state index in [1.807, 2.05) is 11.3 Å². The Morgan fingerprint density at radius 2 is 2.20 bits per heavy atom. The molecule has 1 aliphatic rings. The first-order valence-corrected chi connectivity index (χ1v) is 6.59. The van der Waals surface area contributed by atoms with Gasteiger partial charge in [0.05, 0.1) is 10.7 Å². The van der Waals surface area contributed by atoms with Crippen LogP contribution in [0.3, 0.4) is 0 Å². The average Bonchev–Trinajstić information content (AvgIpc) is 2.78. The zero-order valence-corrected chi connectivity index (χ0v) is 10.9. The normalized spacial score (nSPS) is 20.3. The Balaban J connectivity index is 2.21. The van der Waals surface area contributed by atoms with Crippen molar-refractivity contribution in [2.45, 2.75) is 52.0 Å². The minimum Gasteiger partial charge on any atom is -0.310 e. The summed E-state index contributed by atoms with van der Waals surface area (Å²) in [6.45, 7) is 9.85. The molecule has 1 aromatic heterocycles. The van der Waals surface area contributed by atoms with Crippen LogP contribution in [-0.2, 0) is 5.41 Å². The molecule has 0 aromatic carbocycles. The van der Waals surface area contributed by atoms with Crippen molar-refractivity contribution in [3.63, 3.8) is 0 Å². The first-order chi connectivity index (χ1) is 7.07. The van der Waals surface area contributed by atoms with E-state index < -0.39 is 0 Å². The monoisotopic (exact) mass is 224 g/mol. The van der Waals surface area contributed by atoms with E-state index in [2.05, 4.69) is 33.0 Å². The molecule has 2 rings (SSSR count). The van der Waals surface area contributed by atoms with Crippen molar-refractivity contribution >= 4 is 11.3 Å². The predicted molar refractivity (Wildman–Crippen MR) is 65.5 cm³/mol. The largest absolute Gasteiger partial charge is 0.310 e. The number of thiazole rings is 1. The first kappa shape index (κ1) is 11.1. The molecule has 0 saturated heterocycles. The van der Waals surface area contributed by atoms with Gasteiger partial charge in [0.25, 0.3) is 0 Å². The maximum atomic E-state index is 4.73. The van der Waals surface area contributed by atoms with Crippen LogP contribution in [0.15, 0.2) is 0 Å². The van der Waals surface area contributed by atoms with Crippen LogP contribution < -0.4 is 5.32 Å². The molecular formula is C12H20N2S. The zero-order valence-electron chi connectivity index (χ0n) is 10.1. The summed E-state index contributed by atoms with van der Waals surface area (Å²) in [5.41, 5.74) is 1.64. The van der Waals surface area contributed by atoms with Crippen LogP contribution in [0.25, 0.3) is 0 Å². The van der Waals surface area contributed by atoms with Crippen molar-refractivity contribution in [1.29, 1.82) is 0 Å². The third-order valence-corrected chi connectivity index (χ3v) is 4.90. The average molecular weight is 224 g/mol. The maximum absolute atomic E-state index is 4.73. The van der Waals surface area contributed by atoms with Gasteiger partial charge in [0.15, 0.2) is 0 Å². The second-order valence-corrected chi connectivity index (χ2v) is 5.84. The fourth-order valence-electron chi connectivity index (χ4n) is 1.87. The molecule has 84 valence electrons. The number of nitrogens with zero attached hydrogens (tertiary/aromatic N) is 1. The summed E-state index contributed by atoms with van der Waals surface area (Å²) in [5, 5.41) is 4.81. The van der Waals surface area contributed by atoms with Crippen LogP contribution in [0.2, 0.25) is 0 Å². The lowest BCUT2D eigenvalue weighted by atomic mass is 10.2. The maximum Gasteiger partial charge on any atom is 0.0990 e. The van der Waals surface area contributed by atoms with Crippen molar-refractivity contribution in [2.24, 2.45) is 0 Å². The van der Waals surface area contributed by atoms with Crippen molar-refractivity contribution < 1.29 is 0 Å². The van der Waals surface area contributed by atoms with Crippen LogP contribution in [0.5, 0.6) is 0 Å². The molecule has 2 nitrogen and oxygen atoms in total. The molecule has 1 N–H and O–H groups in total. The number of aryl methyl sites for hydroxylation is 1. The molecule has 1 atom stereocenters. The summed E-state index contributed by atoms with van der Waals surface area (Å²) in [4.78, 5) is 6.14. The lowest BCUT2D eigenvalue weighted by Crippen LogP contribution is -2.17. The standard InChI is InChI=1S/C12H20N2S/c1-5-13-8(2)10-9(3)14-11(15-10)12(4)6-7-12/h8,13H,5-7H2,1-4H3. The van der Waals surface area contributed by atoms with E-state index in [4.69, 9.17) is 4.98 Å². The van der Waals surface area contributed by atoms with Gasteiger partial charge in [-0.15, -0.1) is 11.3 Å². The van der Waals surface area contributed by atoms with Crippen molar-refractivity contribution in [1.82, 2.24) is 10.3 Å². The van der Waals surface area contributed by atoms with Crippen molar-refractivity contribution in [3.8, 4) is 0 Å². The molecule has 1 aromatic rings. The third kappa shape index (κ3) is 2.08. The van der Waals surface area contributed by atoms with Crippen LogP contribution in [0.4, 0.5) is 0 Å². The van der Waals surface area contributed by atoms with E-state index in [1.54, 1.807) is 0 Å². The van der Waals surface area contributed by atoms with E-state index in [0.29, 0.717) is 11.5 Å². The zero-order chi connectivity index (χ0) is 11.1. The van der Waals surface area contributed by atoms with Crippen molar-refractivity contribution in [2.75, 3.05) is 6.54 Å². The fraction of sp³-hybridized carbons (Fsp3) is 0.750. The molecule has 0 radical (unpaired) electrons. The summed E-state index contributed by atoms with van der Waals surface area (Å²) in [7, 11) is 0. The van der Waals surface area contributed by atoms with Crippen LogP contribution in [-0.4, -0.2) is 11.5 Å². The molecule has 3 heteroatoms. The fourth-order valence-corrected chi connectivity index (χ4v) is 3.16. The van der Waals surface area contributed by atoms with E-state index in [9.17, 15) is 0 Å². The summed E-state index contributed by atoms with van der Waals surface area (Å²) < 4.78 is 0. The molecule has 0 bridgehead atoms. The summed E-state index contributed by atoms with van der Waals surface area (Å²) in [6.07, 6.45) is 2.63. The molecule has 1 fully saturated rings. The SMILES string of the molecule is CCNC(C)c1sc(C2(C)CC2)nc1C. The number of aromatic nitrogens is 1. The van der Waals surface area contributed by atoms with Crippen LogP contribution >= 0.6 is 11.3 Å². The lowest BCUT2D eigenvalue weighted by Gasteiger charge is -2.10. The van der Waals surface area contributed by atoms with E-state index in [1.165, 1.54) is 28.4 Å². The van der Waals surface area contributed by atoms with Gasteiger partial charge in [-0.3, -0.25) is 0 Å². The minimum absolute atomic E-state index is 0.416. The molecule has 1 unspecified atom stereocenters. The smallest absolute Gasteiger partial charge is 0.0990 e. The minimum atomic E-state index is 0.416. The van der Waals surface area contributed by atoms with Gasteiger partial charge in [0.1, 0.15) is 0 Å². The Kier molecular flexibility index (Phi) is 2.86. The van der Waals surface area contributed by atoms with Gasteiger partial charge in [0, 0.05) is 16.3 Å².